The first-order chi connectivity index (χ1) is 8.10. The highest BCUT2D eigenvalue weighted by Gasteiger charge is 2.18. The molecule has 0 aliphatic carbocycles. The van der Waals surface area contributed by atoms with Crippen LogP contribution in [0.4, 0.5) is 8.28 Å². The summed E-state index contributed by atoms with van der Waals surface area (Å²) in [7, 11) is 0. The molecule has 0 spiro atoms. The van der Waals surface area contributed by atoms with Crippen molar-refractivity contribution in [3.05, 3.63) is 35.9 Å². The van der Waals surface area contributed by atoms with Gasteiger partial charge in [0.15, 0.2) is 30.3 Å². The Morgan fingerprint density at radius 3 is 2.82 bits per heavy atom. The third-order valence-electron chi connectivity index (χ3n) is 2.37. The van der Waals surface area contributed by atoms with Gasteiger partial charge in [-0.2, -0.15) is 0 Å². The number of aromatic nitrogens is 2. The van der Waals surface area contributed by atoms with Crippen molar-refractivity contribution in [1.82, 2.24) is 8.96 Å². The summed E-state index contributed by atoms with van der Waals surface area (Å²) >= 11 is -0.188. The summed E-state index contributed by atoms with van der Waals surface area (Å²) in [6.45, 7) is 5.45. The van der Waals surface area contributed by atoms with E-state index in [0.29, 0.717) is 17.4 Å². The van der Waals surface area contributed by atoms with Crippen molar-refractivity contribution in [3.8, 4) is 0 Å². The molecule has 0 radical (unpaired) electrons. The summed E-state index contributed by atoms with van der Waals surface area (Å²) < 4.78 is 27.3. The lowest BCUT2D eigenvalue weighted by molar-refractivity contribution is 0.111. The maximum absolute atomic E-state index is 13.5. The van der Waals surface area contributed by atoms with Crippen LogP contribution >= 0.6 is 12.3 Å². The van der Waals surface area contributed by atoms with Crippen LogP contribution in [0.1, 0.15) is 23.1 Å². The van der Waals surface area contributed by atoms with Gasteiger partial charge < -0.3 is 0 Å². The van der Waals surface area contributed by atoms with Crippen LogP contribution in [0.5, 0.6) is 0 Å². The number of allylic oxidation sites excluding steroid dienone is 1. The average Bonchev–Trinajstić information content (AvgIpc) is 2.68. The number of fused-ring (bicyclic) bond motifs is 1. The first kappa shape index (κ1) is 11.8. The molecule has 0 aliphatic rings. The second-order valence-corrected chi connectivity index (χ2v) is 4.03. The van der Waals surface area contributed by atoms with Gasteiger partial charge in [-0.3, -0.25) is 4.79 Å². The molecule has 88 valence electrons. The van der Waals surface area contributed by atoms with Crippen LogP contribution in [0.2, 0.25) is 0 Å². The van der Waals surface area contributed by atoms with Crippen LogP contribution in [-0.4, -0.2) is 15.2 Å². The first-order valence-electron chi connectivity index (χ1n) is 4.71. The number of aldehydes is 1. The minimum absolute atomic E-state index is 0.0299. The van der Waals surface area contributed by atoms with Crippen LogP contribution in [0.25, 0.3) is 16.6 Å². The van der Waals surface area contributed by atoms with Crippen molar-refractivity contribution in [1.29, 1.82) is 0 Å². The number of halogens is 2. The van der Waals surface area contributed by atoms with Gasteiger partial charge in [0.1, 0.15) is 5.52 Å². The highest BCUT2D eigenvalue weighted by molar-refractivity contribution is 7.93. The molecular formula is C11H8F2N2OS. The molecule has 0 unspecified atom stereocenters. The Morgan fingerprint density at radius 1 is 1.59 bits per heavy atom. The van der Waals surface area contributed by atoms with Crippen LogP contribution in [0.15, 0.2) is 18.7 Å². The number of benzene rings is 1. The fourth-order valence-corrected chi connectivity index (χ4v) is 2.04. The van der Waals surface area contributed by atoms with Gasteiger partial charge in [-0.1, -0.05) is 6.58 Å². The summed E-state index contributed by atoms with van der Waals surface area (Å²) in [4.78, 5) is 14.5. The molecule has 0 bridgehead atoms. The summed E-state index contributed by atoms with van der Waals surface area (Å²) in [5.74, 6) is -0.763. The largest absolute Gasteiger partial charge is 0.294 e. The molecule has 0 atom stereocenters. The SMILES string of the molecule is C=C(C)c1ccc(F)c2nc(C=O)n(SF)c12. The number of hydrogen-bond donors (Lipinski definition) is 0. The van der Waals surface area contributed by atoms with Crippen molar-refractivity contribution in [2.24, 2.45) is 0 Å². The van der Waals surface area contributed by atoms with Crippen molar-refractivity contribution in [2.45, 2.75) is 6.92 Å². The van der Waals surface area contributed by atoms with E-state index in [2.05, 4.69) is 11.6 Å². The number of carbonyl (C=O) groups excluding carboxylic acids is 1. The van der Waals surface area contributed by atoms with Gasteiger partial charge in [-0.05, 0) is 24.6 Å². The van der Waals surface area contributed by atoms with Crippen LogP contribution in [-0.2, 0) is 0 Å². The Bertz CT molecular complexity index is 621. The minimum atomic E-state index is -0.596. The van der Waals surface area contributed by atoms with E-state index >= 15 is 0 Å². The van der Waals surface area contributed by atoms with E-state index < -0.39 is 5.82 Å². The topological polar surface area (TPSA) is 34.9 Å². The maximum Gasteiger partial charge on any atom is 0.186 e. The second kappa shape index (κ2) is 4.29. The summed E-state index contributed by atoms with van der Waals surface area (Å²) in [5, 5.41) is 0. The maximum atomic E-state index is 13.5. The molecule has 0 saturated heterocycles. The van der Waals surface area contributed by atoms with Crippen molar-refractivity contribution in [3.63, 3.8) is 0 Å². The van der Waals surface area contributed by atoms with Gasteiger partial charge in [0.05, 0.1) is 5.52 Å². The smallest absolute Gasteiger partial charge is 0.186 e. The molecule has 6 heteroatoms. The Kier molecular flexibility index (Phi) is 2.97. The second-order valence-electron chi connectivity index (χ2n) is 3.52. The number of rotatable bonds is 3. The van der Waals surface area contributed by atoms with Gasteiger partial charge in [-0.25, -0.2) is 13.3 Å². The molecule has 0 N–H and O–H groups in total. The van der Waals surface area contributed by atoms with E-state index in [4.69, 9.17) is 0 Å². The molecule has 1 heterocycles. The van der Waals surface area contributed by atoms with E-state index in [1.807, 2.05) is 0 Å². The Morgan fingerprint density at radius 2 is 2.29 bits per heavy atom. The quantitative estimate of drug-likeness (QED) is 0.787. The van der Waals surface area contributed by atoms with Crippen molar-refractivity contribution < 1.29 is 13.1 Å². The molecule has 2 rings (SSSR count). The van der Waals surface area contributed by atoms with Crippen LogP contribution < -0.4 is 0 Å². The van der Waals surface area contributed by atoms with Gasteiger partial charge >= 0.3 is 0 Å². The molecule has 1 aromatic heterocycles. The lowest BCUT2D eigenvalue weighted by Gasteiger charge is -2.04. The summed E-state index contributed by atoms with van der Waals surface area (Å²) in [6, 6.07) is 2.71. The molecule has 1 aromatic carbocycles. The highest BCUT2D eigenvalue weighted by atomic mass is 32.2. The number of hydrogen-bond acceptors (Lipinski definition) is 3. The molecule has 0 saturated carbocycles. The summed E-state index contributed by atoms with van der Waals surface area (Å²) in [6.07, 6.45) is 0.383. The van der Waals surface area contributed by atoms with Gasteiger partial charge in [-0.15, -0.1) is 3.89 Å². The Balaban J connectivity index is 2.96. The van der Waals surface area contributed by atoms with E-state index in [9.17, 15) is 13.1 Å². The lowest BCUT2D eigenvalue weighted by Crippen LogP contribution is -1.94. The Labute approximate surface area is 101 Å². The zero-order chi connectivity index (χ0) is 12.6. The molecule has 3 nitrogen and oxygen atoms in total. The lowest BCUT2D eigenvalue weighted by atomic mass is 10.1. The van der Waals surface area contributed by atoms with E-state index in [1.165, 1.54) is 12.1 Å². The molecule has 2 aromatic rings. The van der Waals surface area contributed by atoms with E-state index in [1.54, 1.807) is 6.92 Å². The number of nitrogens with zero attached hydrogens (tertiary/aromatic N) is 2. The first-order valence-corrected chi connectivity index (χ1v) is 5.38. The predicted molar refractivity (Wildman–Crippen MR) is 63.9 cm³/mol. The third kappa shape index (κ3) is 1.74. The highest BCUT2D eigenvalue weighted by Crippen LogP contribution is 2.30. The zero-order valence-electron chi connectivity index (χ0n) is 8.91. The molecular weight excluding hydrogens is 246 g/mol. The van der Waals surface area contributed by atoms with Gasteiger partial charge in [0, 0.05) is 5.56 Å². The van der Waals surface area contributed by atoms with Crippen molar-refractivity contribution in [2.75, 3.05) is 0 Å². The Hall–Kier alpha value is -1.69. The monoisotopic (exact) mass is 254 g/mol. The molecule has 0 fully saturated rings. The minimum Gasteiger partial charge on any atom is -0.294 e. The van der Waals surface area contributed by atoms with Crippen molar-refractivity contribution >= 4 is 35.2 Å². The van der Waals surface area contributed by atoms with Crippen LogP contribution in [0, 0.1) is 5.82 Å². The fourth-order valence-electron chi connectivity index (χ4n) is 1.63. The number of carbonyl (C=O) groups is 1. The average molecular weight is 254 g/mol. The standard InChI is InChI=1S/C11H8F2N2OS/c1-6(2)7-3-4-8(12)10-11(7)15(17-13)9(5-16)14-10/h3-5H,1H2,2H3. The van der Waals surface area contributed by atoms with E-state index in [0.717, 1.165) is 3.97 Å². The van der Waals surface area contributed by atoms with Crippen LogP contribution in [0.3, 0.4) is 0 Å². The van der Waals surface area contributed by atoms with Gasteiger partial charge in [0.2, 0.25) is 0 Å². The van der Waals surface area contributed by atoms with E-state index in [-0.39, 0.29) is 29.2 Å². The summed E-state index contributed by atoms with van der Waals surface area (Å²) in [5.41, 5.74) is 1.40. The molecule has 17 heavy (non-hydrogen) atoms. The zero-order valence-corrected chi connectivity index (χ0v) is 9.72. The predicted octanol–water partition coefficient (Wildman–Crippen LogP) is 3.40. The molecule has 0 amide bonds. The molecule has 0 aliphatic heterocycles. The fraction of sp³-hybridized carbons (Fsp3) is 0.0909. The number of imidazole rings is 1. The normalized spacial score (nSPS) is 10.8. The van der Waals surface area contributed by atoms with Gasteiger partial charge in [0.25, 0.3) is 0 Å². The third-order valence-corrected chi connectivity index (χ3v) is 2.88.